The zero-order chi connectivity index (χ0) is 13.8. The number of rotatable bonds is 4. The third-order valence-electron chi connectivity index (χ3n) is 2.92. The van der Waals surface area contributed by atoms with Gasteiger partial charge < -0.3 is 14.6 Å². The van der Waals surface area contributed by atoms with Crippen LogP contribution in [0.25, 0.3) is 0 Å². The predicted octanol–water partition coefficient (Wildman–Crippen LogP) is 3.55. The van der Waals surface area contributed by atoms with Crippen LogP contribution in [0.5, 0.6) is 11.5 Å². The molecule has 0 fully saturated rings. The third-order valence-corrected chi connectivity index (χ3v) is 3.54. The van der Waals surface area contributed by atoms with Gasteiger partial charge in [0.05, 0.1) is 18.7 Å². The van der Waals surface area contributed by atoms with Crippen LogP contribution in [-0.2, 0) is 0 Å². The fourth-order valence-electron chi connectivity index (χ4n) is 1.83. The van der Waals surface area contributed by atoms with Crippen molar-refractivity contribution in [2.45, 2.75) is 6.10 Å². The quantitative estimate of drug-likeness (QED) is 0.935. The van der Waals surface area contributed by atoms with Gasteiger partial charge in [-0.05, 0) is 51.3 Å². The summed E-state index contributed by atoms with van der Waals surface area (Å²) < 4.78 is 11.1. The molecule has 1 N–H and O–H groups in total. The lowest BCUT2D eigenvalue weighted by atomic mass is 10.0. The van der Waals surface area contributed by atoms with Gasteiger partial charge in [-0.25, -0.2) is 0 Å². The first kappa shape index (κ1) is 13.9. The Morgan fingerprint density at radius 2 is 1.58 bits per heavy atom. The minimum atomic E-state index is -0.673. The number of aliphatic hydroxyl groups is 1. The summed E-state index contributed by atoms with van der Waals surface area (Å²) in [7, 11) is 3.23. The Hall–Kier alpha value is -1.52. The van der Waals surface area contributed by atoms with Gasteiger partial charge in [-0.15, -0.1) is 0 Å². The molecule has 2 aromatic rings. The number of methoxy groups -OCH3 is 2. The molecule has 0 aliphatic heterocycles. The molecule has 0 spiro atoms. The monoisotopic (exact) mass is 322 g/mol. The van der Waals surface area contributed by atoms with E-state index < -0.39 is 6.10 Å². The second-order valence-electron chi connectivity index (χ2n) is 4.07. The number of hydrogen-bond acceptors (Lipinski definition) is 3. The highest BCUT2D eigenvalue weighted by molar-refractivity contribution is 9.10. The molecule has 0 radical (unpaired) electrons. The molecule has 0 saturated carbocycles. The highest BCUT2D eigenvalue weighted by Gasteiger charge is 2.12. The van der Waals surface area contributed by atoms with Gasteiger partial charge in [-0.2, -0.15) is 0 Å². The van der Waals surface area contributed by atoms with Gasteiger partial charge in [-0.1, -0.05) is 18.2 Å². The van der Waals surface area contributed by atoms with Crippen molar-refractivity contribution in [2.24, 2.45) is 0 Å². The summed E-state index contributed by atoms with van der Waals surface area (Å²) in [4.78, 5) is 0. The molecular formula is C15H15BrO3. The number of aliphatic hydroxyl groups excluding tert-OH is 1. The van der Waals surface area contributed by atoms with Crippen LogP contribution >= 0.6 is 15.9 Å². The lowest BCUT2D eigenvalue weighted by Gasteiger charge is -2.13. The van der Waals surface area contributed by atoms with Gasteiger partial charge in [0.1, 0.15) is 17.6 Å². The Balaban J connectivity index is 2.27. The summed E-state index contributed by atoms with van der Waals surface area (Å²) in [6.07, 6.45) is -0.673. The molecule has 0 aliphatic rings. The molecule has 0 bridgehead atoms. The van der Waals surface area contributed by atoms with E-state index in [9.17, 15) is 5.11 Å². The maximum Gasteiger partial charge on any atom is 0.133 e. The molecule has 100 valence electrons. The largest absolute Gasteiger partial charge is 0.497 e. The Labute approximate surface area is 120 Å². The SMILES string of the molecule is COc1ccc(C(O)c2ccc(OC)c(Br)c2)cc1. The minimum absolute atomic E-state index is 0.673. The van der Waals surface area contributed by atoms with Crippen LogP contribution in [0, 0.1) is 0 Å². The van der Waals surface area contributed by atoms with Crippen molar-refractivity contribution < 1.29 is 14.6 Å². The molecule has 0 aliphatic carbocycles. The number of halogens is 1. The molecule has 1 unspecified atom stereocenters. The van der Waals surface area contributed by atoms with Crippen LogP contribution in [0.15, 0.2) is 46.9 Å². The van der Waals surface area contributed by atoms with Gasteiger partial charge in [0, 0.05) is 0 Å². The van der Waals surface area contributed by atoms with Gasteiger partial charge in [-0.3, -0.25) is 0 Å². The maximum atomic E-state index is 10.3. The molecular weight excluding hydrogens is 308 g/mol. The normalized spacial score (nSPS) is 12.0. The highest BCUT2D eigenvalue weighted by Crippen LogP contribution is 2.31. The van der Waals surface area contributed by atoms with Crippen LogP contribution < -0.4 is 9.47 Å². The van der Waals surface area contributed by atoms with Crippen molar-refractivity contribution in [1.29, 1.82) is 0 Å². The van der Waals surface area contributed by atoms with Crippen molar-refractivity contribution in [3.05, 3.63) is 58.1 Å². The molecule has 2 rings (SSSR count). The average Bonchev–Trinajstić information content (AvgIpc) is 2.46. The van der Waals surface area contributed by atoms with Crippen molar-refractivity contribution >= 4 is 15.9 Å². The zero-order valence-corrected chi connectivity index (χ0v) is 12.3. The van der Waals surface area contributed by atoms with Crippen molar-refractivity contribution in [2.75, 3.05) is 14.2 Å². The van der Waals surface area contributed by atoms with Crippen LogP contribution in [0.3, 0.4) is 0 Å². The van der Waals surface area contributed by atoms with E-state index in [0.29, 0.717) is 0 Å². The van der Waals surface area contributed by atoms with E-state index in [4.69, 9.17) is 9.47 Å². The van der Waals surface area contributed by atoms with Gasteiger partial charge in [0.15, 0.2) is 0 Å². The minimum Gasteiger partial charge on any atom is -0.497 e. The Morgan fingerprint density at radius 1 is 0.947 bits per heavy atom. The van der Waals surface area contributed by atoms with Gasteiger partial charge in [0.2, 0.25) is 0 Å². The highest BCUT2D eigenvalue weighted by atomic mass is 79.9. The van der Waals surface area contributed by atoms with Crippen molar-refractivity contribution in [3.8, 4) is 11.5 Å². The molecule has 0 saturated heterocycles. The fourth-order valence-corrected chi connectivity index (χ4v) is 2.39. The van der Waals surface area contributed by atoms with Crippen LogP contribution in [0.2, 0.25) is 0 Å². The molecule has 0 aromatic heterocycles. The molecule has 4 heteroatoms. The van der Waals surface area contributed by atoms with Crippen LogP contribution in [0.1, 0.15) is 17.2 Å². The Bertz CT molecular complexity index is 552. The lowest BCUT2D eigenvalue weighted by Crippen LogP contribution is -2.00. The van der Waals surface area contributed by atoms with E-state index in [1.54, 1.807) is 14.2 Å². The summed E-state index contributed by atoms with van der Waals surface area (Å²) in [5.74, 6) is 1.51. The first-order chi connectivity index (χ1) is 9.15. The fraction of sp³-hybridized carbons (Fsp3) is 0.200. The summed E-state index contributed by atoms with van der Waals surface area (Å²) in [5, 5.41) is 10.3. The Morgan fingerprint density at radius 3 is 2.11 bits per heavy atom. The topological polar surface area (TPSA) is 38.7 Å². The van der Waals surface area contributed by atoms with Crippen LogP contribution in [0.4, 0.5) is 0 Å². The third kappa shape index (κ3) is 3.08. The smallest absolute Gasteiger partial charge is 0.133 e. The summed E-state index contributed by atoms with van der Waals surface area (Å²) in [6.45, 7) is 0. The number of hydrogen-bond donors (Lipinski definition) is 1. The number of benzene rings is 2. The van der Waals surface area contributed by atoms with Crippen LogP contribution in [-0.4, -0.2) is 19.3 Å². The molecule has 19 heavy (non-hydrogen) atoms. The molecule has 1 atom stereocenters. The zero-order valence-electron chi connectivity index (χ0n) is 10.8. The second kappa shape index (κ2) is 6.08. The van der Waals surface area contributed by atoms with Gasteiger partial charge >= 0.3 is 0 Å². The van der Waals surface area contributed by atoms with Crippen molar-refractivity contribution in [1.82, 2.24) is 0 Å². The molecule has 0 amide bonds. The van der Waals surface area contributed by atoms with E-state index in [0.717, 1.165) is 27.1 Å². The Kier molecular flexibility index (Phi) is 4.45. The molecule has 0 heterocycles. The van der Waals surface area contributed by atoms with E-state index >= 15 is 0 Å². The number of ether oxygens (including phenoxy) is 2. The summed E-state index contributed by atoms with van der Waals surface area (Å²) in [6, 6.07) is 12.9. The van der Waals surface area contributed by atoms with E-state index in [2.05, 4.69) is 15.9 Å². The maximum absolute atomic E-state index is 10.3. The first-order valence-corrected chi connectivity index (χ1v) is 6.60. The van der Waals surface area contributed by atoms with E-state index in [-0.39, 0.29) is 0 Å². The first-order valence-electron chi connectivity index (χ1n) is 5.81. The summed E-state index contributed by atoms with van der Waals surface area (Å²) in [5.41, 5.74) is 1.62. The van der Waals surface area contributed by atoms with E-state index in [1.807, 2.05) is 42.5 Å². The van der Waals surface area contributed by atoms with Gasteiger partial charge in [0.25, 0.3) is 0 Å². The molecule has 2 aromatic carbocycles. The lowest BCUT2D eigenvalue weighted by molar-refractivity contribution is 0.220. The standard InChI is InChI=1S/C15H15BrO3/c1-18-12-6-3-10(4-7-12)15(17)11-5-8-14(19-2)13(16)9-11/h3-9,15,17H,1-2H3. The average molecular weight is 323 g/mol. The van der Waals surface area contributed by atoms with E-state index in [1.165, 1.54) is 0 Å². The predicted molar refractivity (Wildman–Crippen MR) is 77.7 cm³/mol. The second-order valence-corrected chi connectivity index (χ2v) is 4.92. The molecule has 3 nitrogen and oxygen atoms in total. The summed E-state index contributed by atoms with van der Waals surface area (Å²) >= 11 is 3.41. The van der Waals surface area contributed by atoms with Crippen molar-refractivity contribution in [3.63, 3.8) is 0 Å².